The second-order valence-electron chi connectivity index (χ2n) is 7.42. The first-order valence-electron chi connectivity index (χ1n) is 8.10. The number of likely N-dealkylation sites (tertiary alicyclic amines) is 1. The van der Waals surface area contributed by atoms with Crippen molar-refractivity contribution in [1.82, 2.24) is 10.2 Å². The largest absolute Gasteiger partial charge is 0.444 e. The van der Waals surface area contributed by atoms with E-state index in [0.29, 0.717) is 19.4 Å². The molecular formula is C16H29N3O4. The van der Waals surface area contributed by atoms with Gasteiger partial charge in [0.25, 0.3) is 0 Å². The van der Waals surface area contributed by atoms with Crippen molar-refractivity contribution in [3.63, 3.8) is 0 Å². The van der Waals surface area contributed by atoms with Gasteiger partial charge in [0, 0.05) is 6.54 Å². The van der Waals surface area contributed by atoms with Crippen LogP contribution in [-0.2, 0) is 14.3 Å². The van der Waals surface area contributed by atoms with Crippen LogP contribution in [0, 0.1) is 5.92 Å². The van der Waals surface area contributed by atoms with Crippen molar-refractivity contribution in [2.75, 3.05) is 6.54 Å². The van der Waals surface area contributed by atoms with E-state index in [4.69, 9.17) is 10.5 Å². The Morgan fingerprint density at radius 2 is 1.91 bits per heavy atom. The van der Waals surface area contributed by atoms with Crippen molar-refractivity contribution in [3.8, 4) is 0 Å². The van der Waals surface area contributed by atoms with E-state index in [1.165, 1.54) is 4.90 Å². The lowest BCUT2D eigenvalue weighted by Crippen LogP contribution is -2.53. The summed E-state index contributed by atoms with van der Waals surface area (Å²) in [6, 6.07) is -1.33. The van der Waals surface area contributed by atoms with E-state index in [0.717, 1.165) is 6.42 Å². The summed E-state index contributed by atoms with van der Waals surface area (Å²) in [7, 11) is 0. The maximum absolute atomic E-state index is 12.5. The minimum Gasteiger partial charge on any atom is -0.444 e. The second kappa shape index (κ2) is 7.66. The summed E-state index contributed by atoms with van der Waals surface area (Å²) in [6.07, 6.45) is 1.25. The molecule has 1 aliphatic heterocycles. The third-order valence-corrected chi connectivity index (χ3v) is 3.55. The predicted molar refractivity (Wildman–Crippen MR) is 86.5 cm³/mol. The number of nitrogens with one attached hydrogen (secondary N) is 1. The molecule has 23 heavy (non-hydrogen) atoms. The standard InChI is InChI=1S/C16H29N3O4/c1-10(2)9-11(13(17)20)18-14(21)12-7-6-8-19(12)15(22)23-16(3,4)5/h10-12H,6-9H2,1-5H3,(H2,17,20)(H,18,21)/t11-,12-/m0/s1. The topological polar surface area (TPSA) is 102 Å². The van der Waals surface area contributed by atoms with Crippen LogP contribution in [0.25, 0.3) is 0 Å². The van der Waals surface area contributed by atoms with Crippen LogP contribution in [0.1, 0.15) is 53.9 Å². The lowest BCUT2D eigenvalue weighted by molar-refractivity contribution is -0.130. The minimum absolute atomic E-state index is 0.221. The van der Waals surface area contributed by atoms with Gasteiger partial charge in [0.2, 0.25) is 11.8 Å². The third-order valence-electron chi connectivity index (χ3n) is 3.55. The lowest BCUT2D eigenvalue weighted by atomic mass is 10.0. The zero-order chi connectivity index (χ0) is 17.8. The van der Waals surface area contributed by atoms with E-state index in [-0.39, 0.29) is 11.8 Å². The summed E-state index contributed by atoms with van der Waals surface area (Å²) < 4.78 is 5.33. The molecule has 0 bridgehead atoms. The fourth-order valence-corrected chi connectivity index (χ4v) is 2.56. The highest BCUT2D eigenvalue weighted by Crippen LogP contribution is 2.21. The summed E-state index contributed by atoms with van der Waals surface area (Å²) in [5, 5.41) is 2.67. The molecule has 0 aromatic carbocycles. The van der Waals surface area contributed by atoms with Crippen LogP contribution in [0.4, 0.5) is 4.79 Å². The molecule has 0 aromatic rings. The maximum Gasteiger partial charge on any atom is 0.410 e. The van der Waals surface area contributed by atoms with Crippen LogP contribution < -0.4 is 11.1 Å². The first-order valence-corrected chi connectivity index (χ1v) is 8.10. The van der Waals surface area contributed by atoms with E-state index in [9.17, 15) is 14.4 Å². The summed E-state index contributed by atoms with van der Waals surface area (Å²) in [6.45, 7) is 9.71. The maximum atomic E-state index is 12.5. The first kappa shape index (κ1) is 19.3. The summed E-state index contributed by atoms with van der Waals surface area (Å²) in [5.74, 6) is -0.690. The van der Waals surface area contributed by atoms with Gasteiger partial charge in [0.1, 0.15) is 17.7 Å². The van der Waals surface area contributed by atoms with Gasteiger partial charge in [-0.1, -0.05) is 13.8 Å². The van der Waals surface area contributed by atoms with Gasteiger partial charge in [-0.05, 0) is 46.0 Å². The average Bonchev–Trinajstić information content (AvgIpc) is 2.84. The molecule has 3 N–H and O–H groups in total. The number of nitrogens with zero attached hydrogens (tertiary/aromatic N) is 1. The monoisotopic (exact) mass is 327 g/mol. The molecule has 1 fully saturated rings. The molecule has 1 saturated heterocycles. The van der Waals surface area contributed by atoms with Crippen molar-refractivity contribution in [2.45, 2.75) is 71.6 Å². The van der Waals surface area contributed by atoms with Gasteiger partial charge in [0.05, 0.1) is 0 Å². The van der Waals surface area contributed by atoms with Gasteiger partial charge in [0.15, 0.2) is 0 Å². The Balaban J connectivity index is 2.73. The molecule has 2 atom stereocenters. The van der Waals surface area contributed by atoms with Gasteiger partial charge < -0.3 is 15.8 Å². The number of amides is 3. The first-order chi connectivity index (χ1) is 10.5. The molecule has 1 heterocycles. The number of carbonyl (C=O) groups is 3. The molecule has 0 radical (unpaired) electrons. The fourth-order valence-electron chi connectivity index (χ4n) is 2.56. The molecule has 3 amide bonds. The Morgan fingerprint density at radius 1 is 1.30 bits per heavy atom. The van der Waals surface area contributed by atoms with Crippen molar-refractivity contribution < 1.29 is 19.1 Å². The number of nitrogens with two attached hydrogens (primary N) is 1. The minimum atomic E-state index is -0.719. The highest BCUT2D eigenvalue weighted by molar-refractivity contribution is 5.91. The van der Waals surface area contributed by atoms with Crippen molar-refractivity contribution in [1.29, 1.82) is 0 Å². The lowest BCUT2D eigenvalue weighted by Gasteiger charge is -2.29. The number of ether oxygens (including phenoxy) is 1. The zero-order valence-electron chi connectivity index (χ0n) is 14.7. The van der Waals surface area contributed by atoms with Crippen molar-refractivity contribution in [3.05, 3.63) is 0 Å². The van der Waals surface area contributed by atoms with E-state index in [1.807, 2.05) is 13.8 Å². The van der Waals surface area contributed by atoms with Gasteiger partial charge in [-0.25, -0.2) is 4.79 Å². The second-order valence-corrected chi connectivity index (χ2v) is 7.42. The highest BCUT2D eigenvalue weighted by atomic mass is 16.6. The van der Waals surface area contributed by atoms with E-state index < -0.39 is 29.7 Å². The van der Waals surface area contributed by atoms with Crippen molar-refractivity contribution >= 4 is 17.9 Å². The molecule has 0 spiro atoms. The highest BCUT2D eigenvalue weighted by Gasteiger charge is 2.37. The molecule has 0 unspecified atom stereocenters. The molecule has 132 valence electrons. The van der Waals surface area contributed by atoms with Gasteiger partial charge >= 0.3 is 6.09 Å². The Kier molecular flexibility index (Phi) is 6.41. The van der Waals surface area contributed by atoms with E-state index >= 15 is 0 Å². The van der Waals surface area contributed by atoms with Crippen LogP contribution >= 0.6 is 0 Å². The number of hydrogen-bond acceptors (Lipinski definition) is 4. The summed E-state index contributed by atoms with van der Waals surface area (Å²) >= 11 is 0. The molecule has 7 nitrogen and oxygen atoms in total. The Labute approximate surface area is 137 Å². The van der Waals surface area contributed by atoms with Gasteiger partial charge in [-0.15, -0.1) is 0 Å². The number of rotatable bonds is 5. The number of hydrogen-bond donors (Lipinski definition) is 2. The zero-order valence-corrected chi connectivity index (χ0v) is 14.7. The van der Waals surface area contributed by atoms with Gasteiger partial charge in [-0.2, -0.15) is 0 Å². The normalized spacial score (nSPS) is 19.6. The van der Waals surface area contributed by atoms with E-state index in [1.54, 1.807) is 20.8 Å². The Hall–Kier alpha value is -1.79. The molecule has 0 aliphatic carbocycles. The van der Waals surface area contributed by atoms with Crippen LogP contribution in [-0.4, -0.2) is 47.0 Å². The summed E-state index contributed by atoms with van der Waals surface area (Å²) in [5.41, 5.74) is 4.73. The van der Waals surface area contributed by atoms with Crippen LogP contribution in [0.5, 0.6) is 0 Å². The molecule has 7 heteroatoms. The van der Waals surface area contributed by atoms with Crippen LogP contribution in [0.3, 0.4) is 0 Å². The van der Waals surface area contributed by atoms with Crippen molar-refractivity contribution in [2.24, 2.45) is 11.7 Å². The molecule has 0 aromatic heterocycles. The van der Waals surface area contributed by atoms with Crippen LogP contribution in [0.15, 0.2) is 0 Å². The Bertz CT molecular complexity index is 457. The summed E-state index contributed by atoms with van der Waals surface area (Å²) in [4.78, 5) is 37.6. The fraction of sp³-hybridized carbons (Fsp3) is 0.812. The predicted octanol–water partition coefficient (Wildman–Crippen LogP) is 1.40. The molecule has 0 saturated carbocycles. The SMILES string of the molecule is CC(C)C[C@H](NC(=O)[C@@H]1CCCN1C(=O)OC(C)(C)C)C(N)=O. The molecule has 1 rings (SSSR count). The quantitative estimate of drug-likeness (QED) is 0.797. The Morgan fingerprint density at radius 3 is 2.39 bits per heavy atom. The number of primary amides is 1. The number of carbonyl (C=O) groups excluding carboxylic acids is 3. The van der Waals surface area contributed by atoms with Crippen LogP contribution in [0.2, 0.25) is 0 Å². The van der Waals surface area contributed by atoms with E-state index in [2.05, 4.69) is 5.32 Å². The average molecular weight is 327 g/mol. The smallest absolute Gasteiger partial charge is 0.410 e. The molecular weight excluding hydrogens is 298 g/mol. The molecule has 1 aliphatic rings. The van der Waals surface area contributed by atoms with Gasteiger partial charge in [-0.3, -0.25) is 14.5 Å². The third kappa shape index (κ3) is 6.08.